The third-order valence-corrected chi connectivity index (χ3v) is 4.35. The number of carbonyl (C=O) groups excluding carboxylic acids is 2. The number of rotatable bonds is 5. The van der Waals surface area contributed by atoms with Crippen LogP contribution in [0.3, 0.4) is 0 Å². The summed E-state index contributed by atoms with van der Waals surface area (Å²) in [4.78, 5) is 24.8. The van der Waals surface area contributed by atoms with E-state index in [1.807, 2.05) is 6.07 Å². The normalized spacial score (nSPS) is 10.6. The largest absolute Gasteiger partial charge is 0.321 e. The van der Waals surface area contributed by atoms with E-state index in [1.165, 1.54) is 6.21 Å². The van der Waals surface area contributed by atoms with E-state index in [0.717, 1.165) is 0 Å². The summed E-state index contributed by atoms with van der Waals surface area (Å²) in [6.45, 7) is 0. The molecule has 0 saturated carbocycles. The SMILES string of the molecule is O=C(Nc1ccccc1C(=O)N/N=C\c1ccc(Cl)cc1Cl)c1ccccc1. The minimum atomic E-state index is -0.467. The van der Waals surface area contributed by atoms with E-state index in [0.29, 0.717) is 26.9 Å². The molecular weight excluding hydrogens is 397 g/mol. The van der Waals surface area contributed by atoms with Gasteiger partial charge in [0.15, 0.2) is 0 Å². The molecule has 0 saturated heterocycles. The van der Waals surface area contributed by atoms with Gasteiger partial charge in [0.05, 0.1) is 22.5 Å². The highest BCUT2D eigenvalue weighted by atomic mass is 35.5. The number of anilines is 1. The van der Waals surface area contributed by atoms with Gasteiger partial charge in [-0.05, 0) is 36.4 Å². The fraction of sp³-hybridized carbons (Fsp3) is 0. The predicted molar refractivity (Wildman–Crippen MR) is 112 cm³/mol. The molecule has 0 atom stereocenters. The quantitative estimate of drug-likeness (QED) is 0.457. The van der Waals surface area contributed by atoms with Crippen molar-refractivity contribution in [1.82, 2.24) is 5.43 Å². The maximum Gasteiger partial charge on any atom is 0.273 e. The van der Waals surface area contributed by atoms with Gasteiger partial charge in [-0.2, -0.15) is 5.10 Å². The van der Waals surface area contributed by atoms with Gasteiger partial charge in [0, 0.05) is 16.1 Å². The molecule has 0 aliphatic rings. The van der Waals surface area contributed by atoms with Gasteiger partial charge in [0.1, 0.15) is 0 Å². The monoisotopic (exact) mass is 411 g/mol. The molecule has 140 valence electrons. The van der Waals surface area contributed by atoms with Gasteiger partial charge in [-0.1, -0.05) is 59.6 Å². The highest BCUT2D eigenvalue weighted by Crippen LogP contribution is 2.19. The minimum Gasteiger partial charge on any atom is -0.321 e. The number of hydrazone groups is 1. The van der Waals surface area contributed by atoms with Crippen molar-refractivity contribution in [2.75, 3.05) is 5.32 Å². The lowest BCUT2D eigenvalue weighted by Crippen LogP contribution is -2.21. The summed E-state index contributed by atoms with van der Waals surface area (Å²) in [5, 5.41) is 7.59. The van der Waals surface area contributed by atoms with Gasteiger partial charge in [-0.15, -0.1) is 0 Å². The molecule has 0 aliphatic heterocycles. The topological polar surface area (TPSA) is 70.6 Å². The van der Waals surface area contributed by atoms with Crippen LogP contribution in [0.15, 0.2) is 77.9 Å². The van der Waals surface area contributed by atoms with E-state index < -0.39 is 5.91 Å². The van der Waals surface area contributed by atoms with Crippen LogP contribution in [0.2, 0.25) is 10.0 Å². The fourth-order valence-corrected chi connectivity index (χ4v) is 2.86. The van der Waals surface area contributed by atoms with Gasteiger partial charge >= 0.3 is 0 Å². The Hall–Kier alpha value is -3.15. The Kier molecular flexibility index (Phi) is 6.42. The molecule has 0 unspecified atom stereocenters. The number of hydrogen-bond acceptors (Lipinski definition) is 3. The summed E-state index contributed by atoms with van der Waals surface area (Å²) in [6.07, 6.45) is 1.42. The molecule has 0 aliphatic carbocycles. The molecule has 0 bridgehead atoms. The smallest absolute Gasteiger partial charge is 0.273 e. The number of nitrogens with one attached hydrogen (secondary N) is 2. The molecule has 0 radical (unpaired) electrons. The number of halogens is 2. The van der Waals surface area contributed by atoms with Crippen LogP contribution in [0.1, 0.15) is 26.3 Å². The second kappa shape index (κ2) is 9.17. The zero-order chi connectivity index (χ0) is 19.9. The summed E-state index contributed by atoms with van der Waals surface area (Å²) >= 11 is 11.9. The first-order valence-corrected chi connectivity index (χ1v) is 9.04. The van der Waals surface area contributed by atoms with Crippen molar-refractivity contribution in [3.63, 3.8) is 0 Å². The summed E-state index contributed by atoms with van der Waals surface area (Å²) in [5.74, 6) is -0.775. The Morgan fingerprint density at radius 1 is 0.857 bits per heavy atom. The van der Waals surface area contributed by atoms with Crippen molar-refractivity contribution in [3.8, 4) is 0 Å². The molecule has 28 heavy (non-hydrogen) atoms. The number of benzene rings is 3. The maximum absolute atomic E-state index is 12.5. The second-order valence-corrected chi connectivity index (χ2v) is 6.57. The van der Waals surface area contributed by atoms with Crippen LogP contribution < -0.4 is 10.7 Å². The van der Waals surface area contributed by atoms with E-state index in [9.17, 15) is 9.59 Å². The highest BCUT2D eigenvalue weighted by molar-refractivity contribution is 6.36. The van der Waals surface area contributed by atoms with Crippen LogP contribution in [-0.2, 0) is 0 Å². The summed E-state index contributed by atoms with van der Waals surface area (Å²) < 4.78 is 0. The lowest BCUT2D eigenvalue weighted by Gasteiger charge is -2.10. The highest BCUT2D eigenvalue weighted by Gasteiger charge is 2.13. The summed E-state index contributed by atoms with van der Waals surface area (Å²) in [7, 11) is 0. The lowest BCUT2D eigenvalue weighted by atomic mass is 10.1. The number of hydrogen-bond donors (Lipinski definition) is 2. The molecule has 0 fully saturated rings. The molecule has 0 aromatic heterocycles. The first-order valence-electron chi connectivity index (χ1n) is 8.28. The van der Waals surface area contributed by atoms with Crippen LogP contribution >= 0.6 is 23.2 Å². The van der Waals surface area contributed by atoms with Crippen LogP contribution in [0.4, 0.5) is 5.69 Å². The second-order valence-electron chi connectivity index (χ2n) is 5.73. The molecule has 7 heteroatoms. The van der Waals surface area contributed by atoms with Gasteiger partial charge in [0.2, 0.25) is 0 Å². The minimum absolute atomic E-state index is 0.283. The summed E-state index contributed by atoms with van der Waals surface area (Å²) in [6, 6.07) is 20.4. The number of para-hydroxylation sites is 1. The van der Waals surface area contributed by atoms with Gasteiger partial charge in [-0.3, -0.25) is 9.59 Å². The maximum atomic E-state index is 12.5. The first kappa shape index (κ1) is 19.6. The van der Waals surface area contributed by atoms with E-state index in [1.54, 1.807) is 66.7 Å². The molecule has 3 aromatic carbocycles. The molecule has 3 rings (SSSR count). The van der Waals surface area contributed by atoms with E-state index in [2.05, 4.69) is 15.8 Å². The van der Waals surface area contributed by atoms with Crippen molar-refractivity contribution in [3.05, 3.63) is 99.5 Å². The molecule has 2 amide bonds. The number of nitrogens with zero attached hydrogens (tertiary/aromatic N) is 1. The van der Waals surface area contributed by atoms with Crippen LogP contribution in [0.5, 0.6) is 0 Å². The van der Waals surface area contributed by atoms with E-state index in [4.69, 9.17) is 23.2 Å². The molecular formula is C21H15Cl2N3O2. The van der Waals surface area contributed by atoms with E-state index >= 15 is 0 Å². The Balaban J connectivity index is 1.72. The van der Waals surface area contributed by atoms with Crippen molar-refractivity contribution < 1.29 is 9.59 Å². The molecule has 5 nitrogen and oxygen atoms in total. The van der Waals surface area contributed by atoms with Crippen LogP contribution in [0, 0.1) is 0 Å². The Morgan fingerprint density at radius 3 is 2.32 bits per heavy atom. The number of amides is 2. The average Bonchev–Trinajstić information content (AvgIpc) is 2.70. The zero-order valence-electron chi connectivity index (χ0n) is 14.5. The standard InChI is InChI=1S/C21H15Cl2N3O2/c22-16-11-10-15(18(23)12-16)13-24-26-21(28)17-8-4-5-9-19(17)25-20(27)14-6-2-1-3-7-14/h1-13H,(H,25,27)(H,26,28)/b24-13-. The van der Waals surface area contributed by atoms with Gasteiger partial charge < -0.3 is 5.32 Å². The van der Waals surface area contributed by atoms with Crippen molar-refractivity contribution in [2.24, 2.45) is 5.10 Å². The van der Waals surface area contributed by atoms with Crippen molar-refractivity contribution in [1.29, 1.82) is 0 Å². The number of carbonyl (C=O) groups is 2. The third kappa shape index (κ3) is 4.97. The Bertz CT molecular complexity index is 1040. The van der Waals surface area contributed by atoms with Gasteiger partial charge in [0.25, 0.3) is 11.8 Å². The average molecular weight is 412 g/mol. The fourth-order valence-electron chi connectivity index (χ4n) is 2.40. The molecule has 0 spiro atoms. The third-order valence-electron chi connectivity index (χ3n) is 3.79. The Labute approximate surface area is 172 Å². The molecule has 2 N–H and O–H groups in total. The van der Waals surface area contributed by atoms with Gasteiger partial charge in [-0.25, -0.2) is 5.43 Å². The van der Waals surface area contributed by atoms with Crippen LogP contribution in [0.25, 0.3) is 0 Å². The Morgan fingerprint density at radius 2 is 1.57 bits per heavy atom. The van der Waals surface area contributed by atoms with Crippen LogP contribution in [-0.4, -0.2) is 18.0 Å². The zero-order valence-corrected chi connectivity index (χ0v) is 16.0. The molecule has 3 aromatic rings. The van der Waals surface area contributed by atoms with E-state index in [-0.39, 0.29) is 11.5 Å². The van der Waals surface area contributed by atoms with Crippen molar-refractivity contribution in [2.45, 2.75) is 0 Å². The summed E-state index contributed by atoms with van der Waals surface area (Å²) in [5.41, 5.74) is 4.20. The predicted octanol–water partition coefficient (Wildman–Crippen LogP) is 5.01. The first-order chi connectivity index (χ1) is 13.5. The molecule has 0 heterocycles. The van der Waals surface area contributed by atoms with Crippen molar-refractivity contribution >= 4 is 46.9 Å². The lowest BCUT2D eigenvalue weighted by molar-refractivity contribution is 0.0956.